The maximum atomic E-state index is 13.7. The Bertz CT molecular complexity index is 1050. The monoisotopic (exact) mass is 407 g/mol. The van der Waals surface area contributed by atoms with Crippen molar-refractivity contribution in [2.24, 2.45) is 5.92 Å². The van der Waals surface area contributed by atoms with E-state index in [1.807, 2.05) is 35.4 Å². The number of nitrogens with one attached hydrogen (secondary N) is 2. The van der Waals surface area contributed by atoms with Gasteiger partial charge in [-0.3, -0.25) is 9.59 Å². The fourth-order valence-corrected chi connectivity index (χ4v) is 4.11. The Labute approximate surface area is 175 Å². The topological polar surface area (TPSA) is 65.2 Å². The van der Waals surface area contributed by atoms with Crippen LogP contribution < -0.4 is 5.32 Å². The van der Waals surface area contributed by atoms with Gasteiger partial charge in [0.1, 0.15) is 5.82 Å². The molecule has 2 amide bonds. The molecule has 5 nitrogen and oxygen atoms in total. The van der Waals surface area contributed by atoms with Crippen LogP contribution >= 0.6 is 0 Å². The number of piperidine rings is 1. The fourth-order valence-electron chi connectivity index (χ4n) is 4.11. The Kier molecular flexibility index (Phi) is 6.12. The average Bonchev–Trinajstić information content (AvgIpc) is 3.25. The third-order valence-electron chi connectivity index (χ3n) is 5.82. The Hall–Kier alpha value is -3.15. The normalized spacial score (nSPS) is 16.6. The number of hydrogen-bond donors (Lipinski definition) is 2. The van der Waals surface area contributed by atoms with Gasteiger partial charge in [0.2, 0.25) is 5.91 Å². The summed E-state index contributed by atoms with van der Waals surface area (Å²) in [4.78, 5) is 30.2. The zero-order valence-corrected chi connectivity index (χ0v) is 16.9. The Morgan fingerprint density at radius 3 is 2.90 bits per heavy atom. The Morgan fingerprint density at radius 1 is 1.17 bits per heavy atom. The minimum atomic E-state index is -0.309. The second-order valence-corrected chi connectivity index (χ2v) is 7.95. The third-order valence-corrected chi connectivity index (χ3v) is 5.82. The first-order valence-corrected chi connectivity index (χ1v) is 10.5. The number of aromatic amines is 1. The van der Waals surface area contributed by atoms with Crippen LogP contribution in [0.5, 0.6) is 0 Å². The molecule has 1 unspecified atom stereocenters. The molecule has 2 aromatic carbocycles. The van der Waals surface area contributed by atoms with Gasteiger partial charge in [-0.15, -0.1) is 0 Å². The van der Waals surface area contributed by atoms with E-state index in [4.69, 9.17) is 0 Å². The molecule has 1 fully saturated rings. The highest BCUT2D eigenvalue weighted by Crippen LogP contribution is 2.23. The number of halogens is 1. The fraction of sp³-hybridized carbons (Fsp3) is 0.333. The second kappa shape index (κ2) is 9.11. The minimum absolute atomic E-state index is 0.0419. The van der Waals surface area contributed by atoms with E-state index < -0.39 is 0 Å². The summed E-state index contributed by atoms with van der Waals surface area (Å²) in [5.41, 5.74) is 2.13. The van der Waals surface area contributed by atoms with Crippen molar-refractivity contribution < 1.29 is 14.0 Å². The summed E-state index contributed by atoms with van der Waals surface area (Å²) in [5.74, 6) is -0.0491. The van der Waals surface area contributed by atoms with Gasteiger partial charge in [-0.2, -0.15) is 0 Å². The van der Waals surface area contributed by atoms with E-state index in [-0.39, 0.29) is 24.2 Å². The first-order chi connectivity index (χ1) is 14.6. The van der Waals surface area contributed by atoms with Gasteiger partial charge in [0, 0.05) is 48.9 Å². The molecule has 1 aliphatic rings. The van der Waals surface area contributed by atoms with Crippen LogP contribution in [0.25, 0.3) is 10.9 Å². The molecular formula is C24H26FN3O2. The molecule has 156 valence electrons. The molecule has 4 rings (SSSR count). The molecule has 3 aromatic rings. The smallest absolute Gasteiger partial charge is 0.253 e. The van der Waals surface area contributed by atoms with Gasteiger partial charge >= 0.3 is 0 Å². The predicted molar refractivity (Wildman–Crippen MR) is 114 cm³/mol. The summed E-state index contributed by atoms with van der Waals surface area (Å²) in [5, 5.41) is 3.88. The van der Waals surface area contributed by atoms with E-state index in [0.29, 0.717) is 30.0 Å². The summed E-state index contributed by atoms with van der Waals surface area (Å²) in [6, 6.07) is 14.2. The van der Waals surface area contributed by atoms with Crippen LogP contribution in [0.1, 0.15) is 41.6 Å². The lowest BCUT2D eigenvalue weighted by molar-refractivity contribution is -0.121. The van der Waals surface area contributed by atoms with Crippen LogP contribution in [0.4, 0.5) is 4.39 Å². The lowest BCUT2D eigenvalue weighted by Crippen LogP contribution is -2.40. The van der Waals surface area contributed by atoms with Crippen LogP contribution in [0, 0.1) is 11.7 Å². The molecule has 30 heavy (non-hydrogen) atoms. The van der Waals surface area contributed by atoms with Gasteiger partial charge in [-0.1, -0.05) is 24.3 Å². The van der Waals surface area contributed by atoms with Crippen molar-refractivity contribution in [2.75, 3.05) is 13.1 Å². The molecule has 1 atom stereocenters. The quantitative estimate of drug-likeness (QED) is 0.641. The van der Waals surface area contributed by atoms with Crippen molar-refractivity contribution in [3.63, 3.8) is 0 Å². The first-order valence-electron chi connectivity index (χ1n) is 10.5. The van der Waals surface area contributed by atoms with Crippen LogP contribution in [0.3, 0.4) is 0 Å². The van der Waals surface area contributed by atoms with Crippen molar-refractivity contribution in [3.05, 3.63) is 71.7 Å². The van der Waals surface area contributed by atoms with Gasteiger partial charge in [0.15, 0.2) is 0 Å². The number of fused-ring (bicyclic) bond motifs is 1. The van der Waals surface area contributed by atoms with Crippen LogP contribution in [0.15, 0.2) is 54.7 Å². The van der Waals surface area contributed by atoms with Crippen LogP contribution in [-0.4, -0.2) is 34.8 Å². The third kappa shape index (κ3) is 4.70. The molecule has 1 aromatic heterocycles. The van der Waals surface area contributed by atoms with Gasteiger partial charge < -0.3 is 15.2 Å². The van der Waals surface area contributed by atoms with E-state index in [9.17, 15) is 14.0 Å². The molecule has 0 aliphatic carbocycles. The van der Waals surface area contributed by atoms with Crippen LogP contribution in [0.2, 0.25) is 0 Å². The first kappa shape index (κ1) is 20.1. The van der Waals surface area contributed by atoms with Crippen molar-refractivity contribution in [1.82, 2.24) is 15.2 Å². The molecule has 0 radical (unpaired) electrons. The number of hydrogen-bond acceptors (Lipinski definition) is 2. The molecule has 0 bridgehead atoms. The number of nitrogens with zero attached hydrogens (tertiary/aromatic N) is 1. The highest BCUT2D eigenvalue weighted by molar-refractivity contribution is 5.98. The lowest BCUT2D eigenvalue weighted by atomic mass is 9.92. The maximum absolute atomic E-state index is 13.7. The maximum Gasteiger partial charge on any atom is 0.253 e. The lowest BCUT2D eigenvalue weighted by Gasteiger charge is -2.33. The highest BCUT2D eigenvalue weighted by Gasteiger charge is 2.25. The largest absolute Gasteiger partial charge is 0.361 e. The van der Waals surface area contributed by atoms with Gasteiger partial charge in [-0.05, 0) is 54.8 Å². The number of benzene rings is 2. The second-order valence-electron chi connectivity index (χ2n) is 7.95. The number of H-pyrrole nitrogens is 1. The van der Waals surface area contributed by atoms with Crippen molar-refractivity contribution in [2.45, 2.75) is 32.2 Å². The molecular weight excluding hydrogens is 381 g/mol. The zero-order valence-electron chi connectivity index (χ0n) is 16.9. The van der Waals surface area contributed by atoms with E-state index in [2.05, 4.69) is 10.3 Å². The van der Waals surface area contributed by atoms with E-state index in [1.165, 1.54) is 6.07 Å². The molecule has 2 heterocycles. The van der Waals surface area contributed by atoms with Crippen molar-refractivity contribution in [1.29, 1.82) is 0 Å². The Balaban J connectivity index is 1.27. The Morgan fingerprint density at radius 2 is 2.03 bits per heavy atom. The molecule has 1 aliphatic heterocycles. The summed E-state index contributed by atoms with van der Waals surface area (Å²) in [6.07, 6.45) is 4.93. The molecule has 0 saturated carbocycles. The molecule has 0 spiro atoms. The highest BCUT2D eigenvalue weighted by atomic mass is 19.1. The van der Waals surface area contributed by atoms with E-state index in [0.717, 1.165) is 36.7 Å². The van der Waals surface area contributed by atoms with Gasteiger partial charge in [0.25, 0.3) is 5.91 Å². The summed E-state index contributed by atoms with van der Waals surface area (Å²) < 4.78 is 13.7. The number of rotatable bonds is 6. The van der Waals surface area contributed by atoms with Gasteiger partial charge in [0.05, 0.1) is 0 Å². The summed E-state index contributed by atoms with van der Waals surface area (Å²) in [7, 11) is 0. The molecule has 2 N–H and O–H groups in total. The van der Waals surface area contributed by atoms with Gasteiger partial charge in [-0.25, -0.2) is 4.39 Å². The van der Waals surface area contributed by atoms with E-state index in [1.54, 1.807) is 18.2 Å². The number of carbonyl (C=O) groups is 2. The molecule has 1 saturated heterocycles. The molecule has 6 heteroatoms. The number of amides is 2. The zero-order chi connectivity index (χ0) is 20.9. The number of carbonyl (C=O) groups excluding carboxylic acids is 2. The van der Waals surface area contributed by atoms with Crippen molar-refractivity contribution >= 4 is 22.7 Å². The minimum Gasteiger partial charge on any atom is -0.361 e. The van der Waals surface area contributed by atoms with E-state index >= 15 is 0 Å². The number of likely N-dealkylation sites (tertiary alicyclic amines) is 1. The summed E-state index contributed by atoms with van der Waals surface area (Å²) >= 11 is 0. The summed E-state index contributed by atoms with van der Waals surface area (Å²) in [6.45, 7) is 1.61. The average molecular weight is 407 g/mol. The number of aromatic nitrogens is 1. The standard InChI is InChI=1S/C24H26FN3O2/c25-21-6-2-1-5-20(21)15-27-23(29)10-7-17-4-3-13-28(16-17)24(30)19-9-8-18-11-12-26-22(18)14-19/h1-2,5-6,8-9,11-12,14,17,26H,3-4,7,10,13,15-16H2,(H,27,29). The van der Waals surface area contributed by atoms with Crippen LogP contribution in [-0.2, 0) is 11.3 Å². The predicted octanol–water partition coefficient (Wildman–Crippen LogP) is 4.26. The SMILES string of the molecule is O=C(CCC1CCCN(C(=O)c2ccc3cc[nH]c3c2)C1)NCc1ccccc1F. The van der Waals surface area contributed by atoms with Crippen molar-refractivity contribution in [3.8, 4) is 0 Å².